The summed E-state index contributed by atoms with van der Waals surface area (Å²) >= 11 is 3.42. The van der Waals surface area contributed by atoms with Gasteiger partial charge >= 0.3 is 6.18 Å². The van der Waals surface area contributed by atoms with Crippen LogP contribution < -0.4 is 0 Å². The second-order valence-electron chi connectivity index (χ2n) is 5.03. The first-order chi connectivity index (χ1) is 10.9. The molecule has 0 aliphatic carbocycles. The first-order valence-electron chi connectivity index (χ1n) is 6.73. The largest absolute Gasteiger partial charge is 0.481 e. The Kier molecular flexibility index (Phi) is 4.42. The number of hydrogen-bond acceptors (Lipinski definition) is 2. The summed E-state index contributed by atoms with van der Waals surface area (Å²) in [5, 5.41) is 1.98. The van der Waals surface area contributed by atoms with Crippen molar-refractivity contribution in [2.24, 2.45) is 0 Å². The van der Waals surface area contributed by atoms with Gasteiger partial charge in [-0.25, -0.2) is 0 Å². The van der Waals surface area contributed by atoms with Crippen molar-refractivity contribution in [3.05, 3.63) is 64.4 Å². The predicted molar refractivity (Wildman–Crippen MR) is 91.9 cm³/mol. The van der Waals surface area contributed by atoms with Crippen molar-refractivity contribution < 1.29 is 17.9 Å². The van der Waals surface area contributed by atoms with Crippen molar-refractivity contribution in [1.82, 2.24) is 3.93 Å². The quantitative estimate of drug-likeness (QED) is 0.517. The van der Waals surface area contributed by atoms with Gasteiger partial charge in [0.25, 0.3) is 0 Å². The fourth-order valence-electron chi connectivity index (χ4n) is 2.38. The van der Waals surface area contributed by atoms with Gasteiger partial charge in [-0.1, -0.05) is 30.3 Å². The van der Waals surface area contributed by atoms with Crippen LogP contribution in [-0.2, 0) is 4.74 Å². The molecule has 1 aromatic rings. The molecule has 1 aromatic carbocycles. The third-order valence-corrected chi connectivity index (χ3v) is 5.51. The van der Waals surface area contributed by atoms with Crippen LogP contribution in [0.2, 0.25) is 0 Å². The molecule has 1 unspecified atom stereocenters. The van der Waals surface area contributed by atoms with Gasteiger partial charge in [0.1, 0.15) is 5.70 Å². The molecule has 23 heavy (non-hydrogen) atoms. The molecule has 122 valence electrons. The fourth-order valence-corrected chi connectivity index (χ4v) is 4.35. The first kappa shape index (κ1) is 16.4. The summed E-state index contributed by atoms with van der Waals surface area (Å²) in [6.07, 6.45) is 1.36. The normalized spacial score (nSPS) is 20.7. The maximum absolute atomic E-state index is 12.6. The van der Waals surface area contributed by atoms with Crippen molar-refractivity contribution in [3.63, 3.8) is 0 Å². The van der Waals surface area contributed by atoms with Crippen molar-refractivity contribution in [1.29, 1.82) is 0 Å². The number of fused-ring (bicyclic) bond motifs is 1. The molecule has 0 fully saturated rings. The van der Waals surface area contributed by atoms with Gasteiger partial charge in [-0.3, -0.25) is 3.93 Å². The van der Waals surface area contributed by atoms with Gasteiger partial charge in [-0.2, -0.15) is 23.7 Å². The zero-order chi connectivity index (χ0) is 16.6. The number of rotatable bonds is 3. The molecule has 0 saturated carbocycles. The maximum Gasteiger partial charge on any atom is 0.422 e. The number of benzene rings is 1. The summed E-state index contributed by atoms with van der Waals surface area (Å²) in [6, 6.07) is 9.20. The molecule has 0 saturated heterocycles. The average Bonchev–Trinajstić information content (AvgIpc) is 2.86. The molecule has 0 bridgehead atoms. The van der Waals surface area contributed by atoms with Crippen molar-refractivity contribution in [2.75, 3.05) is 12.9 Å². The lowest BCUT2D eigenvalue weighted by atomic mass is 10.0. The van der Waals surface area contributed by atoms with E-state index in [1.165, 1.54) is 0 Å². The molecule has 2 nitrogen and oxygen atoms in total. The van der Waals surface area contributed by atoms with Crippen LogP contribution in [0.4, 0.5) is 13.2 Å². The molecule has 0 radical (unpaired) electrons. The highest BCUT2D eigenvalue weighted by Crippen LogP contribution is 2.46. The minimum atomic E-state index is -4.38. The first-order valence-corrected chi connectivity index (χ1v) is 9.14. The van der Waals surface area contributed by atoms with E-state index in [9.17, 15) is 13.2 Å². The number of halogens is 4. The molecule has 1 atom stereocenters. The second-order valence-corrected chi connectivity index (χ2v) is 7.62. The lowest BCUT2D eigenvalue weighted by molar-refractivity contribution is -0.164. The Hall–Kier alpha value is -1.47. The van der Waals surface area contributed by atoms with Gasteiger partial charge in [0.2, 0.25) is 0 Å². The van der Waals surface area contributed by atoms with Gasteiger partial charge in [0, 0.05) is 22.2 Å². The Morgan fingerprint density at radius 2 is 1.91 bits per heavy atom. The molecule has 0 N–H and O–H groups in total. The van der Waals surface area contributed by atoms with Crippen LogP contribution >= 0.6 is 26.6 Å². The van der Waals surface area contributed by atoms with Crippen molar-refractivity contribution in [3.8, 4) is 0 Å². The lowest BCUT2D eigenvalue weighted by Gasteiger charge is -2.28. The van der Waals surface area contributed by atoms with Crippen LogP contribution in [0.25, 0.3) is 5.70 Å². The van der Waals surface area contributed by atoms with Crippen LogP contribution in [0.3, 0.4) is 0 Å². The highest BCUT2D eigenvalue weighted by Gasteiger charge is 2.34. The van der Waals surface area contributed by atoms with Crippen molar-refractivity contribution >= 4 is 37.7 Å². The molecule has 0 aromatic heterocycles. The van der Waals surface area contributed by atoms with Gasteiger partial charge in [0.15, 0.2) is 12.4 Å². The molecule has 2 aliphatic heterocycles. The zero-order valence-corrected chi connectivity index (χ0v) is 14.5. The van der Waals surface area contributed by atoms with Gasteiger partial charge in [-0.05, 0) is 17.7 Å². The molecule has 3 rings (SSSR count). The molecule has 0 amide bonds. The van der Waals surface area contributed by atoms with Crippen LogP contribution in [0, 0.1) is 0 Å². The summed E-state index contributed by atoms with van der Waals surface area (Å²) in [5.74, 6) is 0.246. The van der Waals surface area contributed by atoms with E-state index in [0.29, 0.717) is 5.70 Å². The lowest BCUT2D eigenvalue weighted by Crippen LogP contribution is -2.21. The van der Waals surface area contributed by atoms with Gasteiger partial charge in [-0.15, -0.1) is 0 Å². The Morgan fingerprint density at radius 3 is 2.57 bits per heavy atom. The second kappa shape index (κ2) is 6.20. The summed E-state index contributed by atoms with van der Waals surface area (Å²) in [5.41, 5.74) is 2.06. The third-order valence-electron chi connectivity index (χ3n) is 3.38. The predicted octanol–water partition coefficient (Wildman–Crippen LogP) is 5.04. The molecule has 0 spiro atoms. The summed E-state index contributed by atoms with van der Waals surface area (Å²) < 4.78 is 44.8. The average molecular weight is 404 g/mol. The molecular formula is C16H13BrF3NOS. The molecular weight excluding hydrogens is 391 g/mol. The van der Waals surface area contributed by atoms with Gasteiger partial charge in [0.05, 0.1) is 16.1 Å². The number of hydrogen-bond donors (Lipinski definition) is 0. The smallest absolute Gasteiger partial charge is 0.422 e. The van der Waals surface area contributed by atoms with Crippen LogP contribution in [0.5, 0.6) is 0 Å². The monoisotopic (exact) mass is 403 g/mol. The van der Waals surface area contributed by atoms with E-state index in [4.69, 9.17) is 4.74 Å². The van der Waals surface area contributed by atoms with E-state index < -0.39 is 12.8 Å². The Morgan fingerprint density at radius 1 is 1.22 bits per heavy atom. The number of nitrogens with zero attached hydrogens (tertiary/aromatic N) is 1. The highest BCUT2D eigenvalue weighted by molar-refractivity contribution is 9.07. The topological polar surface area (TPSA) is 12.5 Å². The van der Waals surface area contributed by atoms with E-state index in [2.05, 4.69) is 16.1 Å². The van der Waals surface area contributed by atoms with E-state index in [1.807, 2.05) is 54.2 Å². The number of alkyl halides is 3. The highest BCUT2D eigenvalue weighted by atomic mass is 79.9. The Bertz CT molecular complexity index is 750. The molecule has 7 heteroatoms. The van der Waals surface area contributed by atoms with Crippen LogP contribution in [0.15, 0.2) is 58.8 Å². The molecule has 2 aliphatic rings. The SMILES string of the molecule is CS1=CC=C2C1=CN(Br)C(c1ccccc1)=C2OCC(F)(F)F. The van der Waals surface area contributed by atoms with Gasteiger partial charge < -0.3 is 4.74 Å². The zero-order valence-electron chi connectivity index (χ0n) is 12.1. The van der Waals surface area contributed by atoms with E-state index in [-0.39, 0.29) is 16.2 Å². The van der Waals surface area contributed by atoms with Crippen LogP contribution in [0.1, 0.15) is 5.56 Å². The third kappa shape index (κ3) is 3.40. The molecule has 2 heterocycles. The maximum atomic E-state index is 12.6. The fraction of sp³-hybridized carbons (Fsp3) is 0.188. The summed E-state index contributed by atoms with van der Waals surface area (Å²) in [4.78, 5) is 0.957. The minimum Gasteiger partial charge on any atom is -0.481 e. The Labute approximate surface area is 143 Å². The summed E-state index contributed by atoms with van der Waals surface area (Å²) in [7, 11) is -0.150. The van der Waals surface area contributed by atoms with E-state index >= 15 is 0 Å². The summed E-state index contributed by atoms with van der Waals surface area (Å²) in [6.45, 7) is -1.32. The van der Waals surface area contributed by atoms with Crippen LogP contribution in [-0.4, -0.2) is 28.3 Å². The van der Waals surface area contributed by atoms with E-state index in [0.717, 1.165) is 16.0 Å². The van der Waals surface area contributed by atoms with E-state index in [1.54, 1.807) is 3.93 Å². The number of ether oxygens (including phenoxy) is 1. The Balaban J connectivity index is 2.07. The standard InChI is InChI=1S/C16H13BrF3NOS/c1-23-8-7-12-13(23)9-21(17)14(11-5-3-2-4-6-11)15(12)22-10-16(18,19)20/h2-9H,10H2,1H3. The van der Waals surface area contributed by atoms with Crippen molar-refractivity contribution in [2.45, 2.75) is 6.18 Å². The minimum absolute atomic E-state index is 0.150. The number of allylic oxidation sites excluding steroid dienone is 2.